The smallest absolute Gasteiger partial charge is 0.0582 e. The molecule has 1 aliphatic rings. The lowest BCUT2D eigenvalue weighted by atomic mass is 9.93. The average Bonchev–Trinajstić information content (AvgIpc) is 2.29. The van der Waals surface area contributed by atoms with Crippen molar-refractivity contribution >= 4 is 5.69 Å². The van der Waals surface area contributed by atoms with E-state index in [9.17, 15) is 0 Å². The number of nitrogens with zero attached hydrogens (tertiary/aromatic N) is 2. The summed E-state index contributed by atoms with van der Waals surface area (Å²) in [4.78, 5) is 6.69. The van der Waals surface area contributed by atoms with E-state index in [0.29, 0.717) is 12.0 Å². The maximum Gasteiger partial charge on any atom is 0.0582 e. The molecule has 0 aliphatic carbocycles. The van der Waals surface area contributed by atoms with Gasteiger partial charge in [0.25, 0.3) is 0 Å². The van der Waals surface area contributed by atoms with E-state index in [0.717, 1.165) is 13.1 Å². The van der Waals surface area contributed by atoms with Crippen LogP contribution in [0.5, 0.6) is 0 Å². The SMILES string of the molecule is CNC1CCN(c2cnccc2C)CC1C. The number of hydrogen-bond donors (Lipinski definition) is 1. The summed E-state index contributed by atoms with van der Waals surface area (Å²) in [6.07, 6.45) is 5.07. The highest BCUT2D eigenvalue weighted by molar-refractivity contribution is 5.51. The molecule has 0 saturated carbocycles. The van der Waals surface area contributed by atoms with Crippen LogP contribution >= 0.6 is 0 Å². The molecule has 16 heavy (non-hydrogen) atoms. The third kappa shape index (κ3) is 2.19. The van der Waals surface area contributed by atoms with Crippen molar-refractivity contribution in [3.8, 4) is 0 Å². The fourth-order valence-electron chi connectivity index (χ4n) is 2.58. The summed E-state index contributed by atoms with van der Waals surface area (Å²) in [6.45, 7) is 6.73. The second kappa shape index (κ2) is 4.83. The van der Waals surface area contributed by atoms with E-state index < -0.39 is 0 Å². The lowest BCUT2D eigenvalue weighted by Crippen LogP contribution is -2.47. The predicted octanol–water partition coefficient (Wildman–Crippen LogP) is 1.82. The Morgan fingerprint density at radius 2 is 2.31 bits per heavy atom. The van der Waals surface area contributed by atoms with Crippen LogP contribution in [-0.2, 0) is 0 Å². The van der Waals surface area contributed by atoms with Gasteiger partial charge in [0, 0.05) is 25.3 Å². The average molecular weight is 219 g/mol. The molecule has 1 saturated heterocycles. The first-order chi connectivity index (χ1) is 7.72. The van der Waals surface area contributed by atoms with Gasteiger partial charge in [0.2, 0.25) is 0 Å². The largest absolute Gasteiger partial charge is 0.370 e. The maximum atomic E-state index is 4.23. The van der Waals surface area contributed by atoms with E-state index in [1.165, 1.54) is 17.7 Å². The van der Waals surface area contributed by atoms with Gasteiger partial charge in [0.15, 0.2) is 0 Å². The van der Waals surface area contributed by atoms with E-state index in [-0.39, 0.29) is 0 Å². The lowest BCUT2D eigenvalue weighted by molar-refractivity contribution is 0.338. The van der Waals surface area contributed by atoms with Crippen LogP contribution in [0.1, 0.15) is 18.9 Å². The van der Waals surface area contributed by atoms with Gasteiger partial charge in [0.1, 0.15) is 0 Å². The molecule has 0 radical (unpaired) electrons. The Morgan fingerprint density at radius 3 is 2.94 bits per heavy atom. The van der Waals surface area contributed by atoms with Gasteiger partial charge in [-0.05, 0) is 37.9 Å². The summed E-state index contributed by atoms with van der Waals surface area (Å²) < 4.78 is 0. The zero-order chi connectivity index (χ0) is 11.5. The first kappa shape index (κ1) is 11.4. The van der Waals surface area contributed by atoms with E-state index in [4.69, 9.17) is 0 Å². The van der Waals surface area contributed by atoms with E-state index >= 15 is 0 Å². The number of rotatable bonds is 2. The van der Waals surface area contributed by atoms with Crippen molar-refractivity contribution in [1.29, 1.82) is 0 Å². The lowest BCUT2D eigenvalue weighted by Gasteiger charge is -2.38. The summed E-state index contributed by atoms with van der Waals surface area (Å²) >= 11 is 0. The minimum atomic E-state index is 0.660. The van der Waals surface area contributed by atoms with Crippen molar-refractivity contribution in [2.45, 2.75) is 26.3 Å². The van der Waals surface area contributed by atoms with Gasteiger partial charge in [-0.2, -0.15) is 0 Å². The van der Waals surface area contributed by atoms with Crippen LogP contribution in [-0.4, -0.2) is 31.2 Å². The van der Waals surface area contributed by atoms with Gasteiger partial charge >= 0.3 is 0 Å². The van der Waals surface area contributed by atoms with Gasteiger partial charge in [-0.3, -0.25) is 4.98 Å². The number of aromatic nitrogens is 1. The number of pyridine rings is 1. The van der Waals surface area contributed by atoms with Crippen LogP contribution in [0.4, 0.5) is 5.69 Å². The Hall–Kier alpha value is -1.09. The van der Waals surface area contributed by atoms with Crippen molar-refractivity contribution < 1.29 is 0 Å². The molecule has 0 aromatic carbocycles. The molecule has 2 rings (SSSR count). The summed E-state index contributed by atoms with van der Waals surface area (Å²) in [5, 5.41) is 3.40. The molecule has 3 nitrogen and oxygen atoms in total. The van der Waals surface area contributed by atoms with Crippen LogP contribution in [0.25, 0.3) is 0 Å². The fourth-order valence-corrected chi connectivity index (χ4v) is 2.58. The molecule has 88 valence electrons. The standard InChI is InChI=1S/C13H21N3/c1-10-4-6-15-8-13(10)16-7-5-12(14-3)11(2)9-16/h4,6,8,11-12,14H,5,7,9H2,1-3H3. The molecular formula is C13H21N3. The van der Waals surface area contributed by atoms with Crippen molar-refractivity contribution in [2.24, 2.45) is 5.92 Å². The Balaban J connectivity index is 2.11. The van der Waals surface area contributed by atoms with Crippen LogP contribution in [0.2, 0.25) is 0 Å². The zero-order valence-corrected chi connectivity index (χ0v) is 10.4. The number of hydrogen-bond acceptors (Lipinski definition) is 3. The third-order valence-corrected chi connectivity index (χ3v) is 3.63. The molecule has 2 heterocycles. The molecule has 0 amide bonds. The second-order valence-corrected chi connectivity index (χ2v) is 4.77. The van der Waals surface area contributed by atoms with Gasteiger partial charge in [-0.25, -0.2) is 0 Å². The van der Waals surface area contributed by atoms with Crippen LogP contribution < -0.4 is 10.2 Å². The Bertz CT molecular complexity index is 351. The molecule has 1 aromatic rings. The second-order valence-electron chi connectivity index (χ2n) is 4.77. The molecular weight excluding hydrogens is 198 g/mol. The molecule has 1 fully saturated rings. The van der Waals surface area contributed by atoms with Crippen molar-refractivity contribution in [3.05, 3.63) is 24.0 Å². The minimum Gasteiger partial charge on any atom is -0.370 e. The summed E-state index contributed by atoms with van der Waals surface area (Å²) in [5.74, 6) is 0.693. The number of nitrogens with one attached hydrogen (secondary N) is 1. The van der Waals surface area contributed by atoms with Crippen LogP contribution in [0.15, 0.2) is 18.5 Å². The van der Waals surface area contributed by atoms with Crippen LogP contribution in [0, 0.1) is 12.8 Å². The summed E-state index contributed by atoms with van der Waals surface area (Å²) in [5.41, 5.74) is 2.62. The molecule has 2 atom stereocenters. The van der Waals surface area contributed by atoms with Crippen molar-refractivity contribution in [2.75, 3.05) is 25.0 Å². The minimum absolute atomic E-state index is 0.660. The highest BCUT2D eigenvalue weighted by Gasteiger charge is 2.25. The molecule has 1 aliphatic heterocycles. The third-order valence-electron chi connectivity index (χ3n) is 3.63. The molecule has 1 N–H and O–H groups in total. The molecule has 0 bridgehead atoms. The van der Waals surface area contributed by atoms with Gasteiger partial charge in [0.05, 0.1) is 11.9 Å². The number of aryl methyl sites for hydroxylation is 1. The summed E-state index contributed by atoms with van der Waals surface area (Å²) in [6, 6.07) is 2.75. The quantitative estimate of drug-likeness (QED) is 0.822. The van der Waals surface area contributed by atoms with E-state index in [2.05, 4.69) is 42.2 Å². The number of piperidine rings is 1. The highest BCUT2D eigenvalue weighted by Crippen LogP contribution is 2.24. The predicted molar refractivity (Wildman–Crippen MR) is 67.8 cm³/mol. The maximum absolute atomic E-state index is 4.23. The van der Waals surface area contributed by atoms with E-state index in [1.807, 2.05) is 12.4 Å². The molecule has 3 heteroatoms. The van der Waals surface area contributed by atoms with Crippen molar-refractivity contribution in [1.82, 2.24) is 10.3 Å². The summed E-state index contributed by atoms with van der Waals surface area (Å²) in [7, 11) is 2.06. The fraction of sp³-hybridized carbons (Fsp3) is 0.615. The first-order valence-corrected chi connectivity index (χ1v) is 6.05. The topological polar surface area (TPSA) is 28.2 Å². The van der Waals surface area contributed by atoms with Gasteiger partial charge < -0.3 is 10.2 Å². The Kier molecular flexibility index (Phi) is 3.44. The van der Waals surface area contributed by atoms with Crippen LogP contribution in [0.3, 0.4) is 0 Å². The first-order valence-electron chi connectivity index (χ1n) is 6.05. The normalized spacial score (nSPS) is 25.8. The van der Waals surface area contributed by atoms with Gasteiger partial charge in [-0.15, -0.1) is 0 Å². The monoisotopic (exact) mass is 219 g/mol. The van der Waals surface area contributed by atoms with Crippen molar-refractivity contribution in [3.63, 3.8) is 0 Å². The van der Waals surface area contributed by atoms with E-state index in [1.54, 1.807) is 0 Å². The highest BCUT2D eigenvalue weighted by atomic mass is 15.2. The Labute approximate surface area is 97.9 Å². The Morgan fingerprint density at radius 1 is 1.50 bits per heavy atom. The molecule has 0 spiro atoms. The molecule has 2 unspecified atom stereocenters. The van der Waals surface area contributed by atoms with Gasteiger partial charge in [-0.1, -0.05) is 6.92 Å². The zero-order valence-electron chi connectivity index (χ0n) is 10.4. The number of anilines is 1. The molecule has 1 aromatic heterocycles.